The van der Waals surface area contributed by atoms with E-state index in [4.69, 9.17) is 11.4 Å². The van der Waals surface area contributed by atoms with Crippen LogP contribution in [0.1, 0.15) is 20.7 Å². The first-order valence-corrected chi connectivity index (χ1v) is 9.93. The fraction of sp³-hybridized carbons (Fsp3) is 0.0870. The molecule has 10 nitrogen and oxygen atoms in total. The van der Waals surface area contributed by atoms with Gasteiger partial charge in [0.1, 0.15) is 5.82 Å². The lowest BCUT2D eigenvalue weighted by Crippen LogP contribution is -2.37. The fourth-order valence-corrected chi connectivity index (χ4v) is 3.31. The van der Waals surface area contributed by atoms with E-state index in [-0.39, 0.29) is 11.1 Å². The predicted molar refractivity (Wildman–Crippen MR) is 127 cm³/mol. The Labute approximate surface area is 188 Å². The molecule has 0 bridgehead atoms. The van der Waals surface area contributed by atoms with Gasteiger partial charge in [-0.2, -0.15) is 0 Å². The molecule has 0 saturated carbocycles. The van der Waals surface area contributed by atoms with Gasteiger partial charge in [-0.05, 0) is 65.2 Å². The molecule has 4 rings (SSSR count). The molecule has 0 aliphatic rings. The molecule has 0 atom stereocenters. The van der Waals surface area contributed by atoms with Crippen molar-refractivity contribution in [3.05, 3.63) is 88.3 Å². The summed E-state index contributed by atoms with van der Waals surface area (Å²) >= 11 is 0. The highest BCUT2D eigenvalue weighted by atomic mass is 16.2. The number of rotatable bonds is 5. The molecule has 164 valence electrons. The Morgan fingerprint density at radius 3 is 2.24 bits per heavy atom. The Kier molecular flexibility index (Phi) is 5.77. The second-order valence-corrected chi connectivity index (χ2v) is 7.48. The molecular formula is C23H20N8O2. The number of hydrazine groups is 1. The zero-order chi connectivity index (χ0) is 23.5. The Morgan fingerprint density at radius 1 is 0.970 bits per heavy atom. The number of nitrogens with zero attached hydrogens (tertiary/aromatic N) is 6. The average Bonchev–Trinajstić information content (AvgIpc) is 3.27. The van der Waals surface area contributed by atoms with Crippen LogP contribution in [0.5, 0.6) is 0 Å². The number of benzene rings is 3. The number of nitrogens with two attached hydrogens (primary N) is 1. The third kappa shape index (κ3) is 4.38. The topological polar surface area (TPSA) is 144 Å². The van der Waals surface area contributed by atoms with Crippen LogP contribution in [0.25, 0.3) is 32.9 Å². The van der Waals surface area contributed by atoms with Gasteiger partial charge < -0.3 is 9.88 Å². The second kappa shape index (κ2) is 8.83. The van der Waals surface area contributed by atoms with Crippen molar-refractivity contribution in [1.82, 2.24) is 9.97 Å². The van der Waals surface area contributed by atoms with Gasteiger partial charge in [0.25, 0.3) is 5.91 Å². The molecule has 33 heavy (non-hydrogen) atoms. The van der Waals surface area contributed by atoms with Crippen LogP contribution < -0.4 is 15.8 Å². The van der Waals surface area contributed by atoms with Gasteiger partial charge in [-0.1, -0.05) is 12.1 Å². The van der Waals surface area contributed by atoms with Crippen LogP contribution >= 0.6 is 0 Å². The summed E-state index contributed by atoms with van der Waals surface area (Å²) in [6.45, 7) is 0. The molecule has 4 aromatic rings. The first-order valence-electron chi connectivity index (χ1n) is 9.93. The summed E-state index contributed by atoms with van der Waals surface area (Å²) in [4.78, 5) is 36.8. The molecule has 3 N–H and O–H groups in total. The van der Waals surface area contributed by atoms with E-state index in [9.17, 15) is 9.59 Å². The van der Waals surface area contributed by atoms with E-state index in [0.29, 0.717) is 17.0 Å². The lowest BCUT2D eigenvalue weighted by molar-refractivity contribution is 0.0980. The summed E-state index contributed by atoms with van der Waals surface area (Å²) in [5, 5.41) is 4.04. The number of amides is 2. The first kappa shape index (κ1) is 21.6. The van der Waals surface area contributed by atoms with Crippen LogP contribution in [0.15, 0.2) is 71.8 Å². The number of hydrogen-bond donors (Lipinski definition) is 2. The standard InChI is InChI=1S/C23H20N8O2/c1-30(2)17-9-7-14(8-10-17)21-26-19-12-11-18(13-20(19)27-21)31(25)23(33)16-5-3-15(4-6-16)22(32)28-29-24/h3-13H,25H2,1-2H3,(H,26,27). The van der Waals surface area contributed by atoms with Crippen molar-refractivity contribution in [2.45, 2.75) is 0 Å². The molecule has 0 unspecified atom stereocenters. The van der Waals surface area contributed by atoms with Crippen molar-refractivity contribution >= 4 is 34.2 Å². The largest absolute Gasteiger partial charge is 0.378 e. The van der Waals surface area contributed by atoms with Gasteiger partial charge in [-0.3, -0.25) is 9.59 Å². The summed E-state index contributed by atoms with van der Waals surface area (Å²) in [5.74, 6) is 5.60. The van der Waals surface area contributed by atoms with E-state index in [1.165, 1.54) is 24.3 Å². The molecule has 0 spiro atoms. The van der Waals surface area contributed by atoms with E-state index in [1.807, 2.05) is 49.3 Å². The summed E-state index contributed by atoms with van der Waals surface area (Å²) in [6.07, 6.45) is 0. The number of aromatic amines is 1. The summed E-state index contributed by atoms with van der Waals surface area (Å²) in [5.41, 5.74) is 12.8. The molecule has 0 aliphatic carbocycles. The highest BCUT2D eigenvalue weighted by Crippen LogP contribution is 2.26. The van der Waals surface area contributed by atoms with Gasteiger partial charge in [-0.25, -0.2) is 15.8 Å². The number of azide groups is 1. The molecule has 1 aromatic heterocycles. The first-order chi connectivity index (χ1) is 15.9. The number of imidazole rings is 1. The van der Waals surface area contributed by atoms with E-state index >= 15 is 0 Å². The summed E-state index contributed by atoms with van der Waals surface area (Å²) in [6, 6.07) is 19.0. The minimum Gasteiger partial charge on any atom is -0.378 e. The number of fused-ring (bicyclic) bond motifs is 1. The number of carbonyl (C=O) groups excluding carboxylic acids is 2. The van der Waals surface area contributed by atoms with Gasteiger partial charge in [0.2, 0.25) is 5.91 Å². The van der Waals surface area contributed by atoms with E-state index < -0.39 is 11.8 Å². The minimum absolute atomic E-state index is 0.178. The van der Waals surface area contributed by atoms with Crippen LogP contribution in [-0.4, -0.2) is 35.9 Å². The third-order valence-electron chi connectivity index (χ3n) is 5.14. The molecular weight excluding hydrogens is 420 g/mol. The van der Waals surface area contributed by atoms with Crippen LogP contribution in [0.4, 0.5) is 11.4 Å². The number of carbonyl (C=O) groups is 2. The maximum Gasteiger partial charge on any atom is 0.272 e. The maximum atomic E-state index is 12.8. The van der Waals surface area contributed by atoms with Gasteiger partial charge in [-0.15, -0.1) is 0 Å². The van der Waals surface area contributed by atoms with Gasteiger partial charge >= 0.3 is 0 Å². The van der Waals surface area contributed by atoms with Crippen molar-refractivity contribution < 1.29 is 9.59 Å². The SMILES string of the molecule is CN(C)c1ccc(-c2nc3cc(N(N)C(=O)c4ccc(C(=O)N=[N+]=[N-])cc4)ccc3[nH]2)cc1. The van der Waals surface area contributed by atoms with Crippen molar-refractivity contribution in [2.24, 2.45) is 11.0 Å². The normalized spacial score (nSPS) is 10.5. The van der Waals surface area contributed by atoms with E-state index in [2.05, 4.69) is 20.0 Å². The number of hydrogen-bond acceptors (Lipinski definition) is 5. The third-order valence-corrected chi connectivity index (χ3v) is 5.14. The Balaban J connectivity index is 1.57. The van der Waals surface area contributed by atoms with Crippen molar-refractivity contribution in [2.75, 3.05) is 24.0 Å². The molecule has 0 saturated heterocycles. The second-order valence-electron chi connectivity index (χ2n) is 7.48. The van der Waals surface area contributed by atoms with Crippen molar-refractivity contribution in [3.8, 4) is 11.4 Å². The Hall–Kier alpha value is -4.66. The molecule has 10 heteroatoms. The predicted octanol–water partition coefficient (Wildman–Crippen LogP) is 4.27. The summed E-state index contributed by atoms with van der Waals surface area (Å²) < 4.78 is 0. The number of nitrogens with one attached hydrogen (secondary N) is 1. The van der Waals surface area contributed by atoms with Crippen LogP contribution in [0.2, 0.25) is 0 Å². The molecule has 3 aromatic carbocycles. The van der Waals surface area contributed by atoms with E-state index in [0.717, 1.165) is 21.8 Å². The zero-order valence-corrected chi connectivity index (χ0v) is 17.9. The van der Waals surface area contributed by atoms with E-state index in [1.54, 1.807) is 12.1 Å². The monoisotopic (exact) mass is 440 g/mol. The highest BCUT2D eigenvalue weighted by Gasteiger charge is 2.16. The minimum atomic E-state index is -0.725. The summed E-state index contributed by atoms with van der Waals surface area (Å²) in [7, 11) is 3.96. The lowest BCUT2D eigenvalue weighted by atomic mass is 10.1. The fourth-order valence-electron chi connectivity index (χ4n) is 3.31. The Bertz CT molecular complexity index is 1380. The zero-order valence-electron chi connectivity index (χ0n) is 17.9. The number of aromatic nitrogens is 2. The molecule has 2 amide bonds. The van der Waals surface area contributed by atoms with Crippen molar-refractivity contribution in [1.29, 1.82) is 0 Å². The smallest absolute Gasteiger partial charge is 0.272 e. The number of anilines is 2. The van der Waals surface area contributed by atoms with Crippen LogP contribution in [-0.2, 0) is 0 Å². The molecule has 0 fully saturated rings. The molecule has 0 aliphatic heterocycles. The number of H-pyrrole nitrogens is 1. The van der Waals surface area contributed by atoms with Crippen molar-refractivity contribution in [3.63, 3.8) is 0 Å². The average molecular weight is 440 g/mol. The lowest BCUT2D eigenvalue weighted by Gasteiger charge is -2.16. The van der Waals surface area contributed by atoms with Gasteiger partial charge in [0, 0.05) is 41.4 Å². The molecule has 0 radical (unpaired) electrons. The highest BCUT2D eigenvalue weighted by molar-refractivity contribution is 6.06. The quantitative estimate of drug-likeness (QED) is 0.119. The maximum absolute atomic E-state index is 12.8. The van der Waals surface area contributed by atoms with Gasteiger partial charge in [0.05, 0.1) is 16.7 Å². The Morgan fingerprint density at radius 2 is 1.61 bits per heavy atom. The van der Waals surface area contributed by atoms with Crippen LogP contribution in [0, 0.1) is 0 Å². The molecule has 1 heterocycles. The van der Waals surface area contributed by atoms with Gasteiger partial charge in [0.15, 0.2) is 0 Å². The van der Waals surface area contributed by atoms with Crippen LogP contribution in [0.3, 0.4) is 0 Å².